The second-order valence-electron chi connectivity index (χ2n) is 3.70. The van der Waals surface area contributed by atoms with Crippen LogP contribution in [-0.4, -0.2) is 17.3 Å². The van der Waals surface area contributed by atoms with E-state index in [-0.39, 0.29) is 5.78 Å². The van der Waals surface area contributed by atoms with Crippen LogP contribution in [0, 0.1) is 0 Å². The van der Waals surface area contributed by atoms with Crippen molar-refractivity contribution in [1.82, 2.24) is 4.98 Å². The standard InChI is InChI=1S/C13H14N2O/c14-8-2-7-12(16)11-6-1-4-10-5-3-9-15-13(10)11/h1,3-6,9H,2,7-8,14H2. The van der Waals surface area contributed by atoms with Crippen molar-refractivity contribution < 1.29 is 4.79 Å². The summed E-state index contributed by atoms with van der Waals surface area (Å²) >= 11 is 0. The Morgan fingerprint density at radius 1 is 1.25 bits per heavy atom. The highest BCUT2D eigenvalue weighted by Crippen LogP contribution is 2.17. The summed E-state index contributed by atoms with van der Waals surface area (Å²) in [6, 6.07) is 9.51. The first-order valence-corrected chi connectivity index (χ1v) is 5.40. The van der Waals surface area contributed by atoms with E-state index in [1.54, 1.807) is 6.20 Å². The summed E-state index contributed by atoms with van der Waals surface area (Å²) in [4.78, 5) is 16.2. The molecule has 0 atom stereocenters. The molecule has 1 aromatic heterocycles. The summed E-state index contributed by atoms with van der Waals surface area (Å²) in [7, 11) is 0. The number of carbonyl (C=O) groups excluding carboxylic acids is 1. The van der Waals surface area contributed by atoms with Gasteiger partial charge in [0.05, 0.1) is 5.52 Å². The van der Waals surface area contributed by atoms with E-state index in [1.165, 1.54) is 0 Å². The molecule has 1 heterocycles. The normalized spacial score (nSPS) is 10.6. The van der Waals surface area contributed by atoms with Crippen LogP contribution in [0.15, 0.2) is 36.5 Å². The molecule has 0 amide bonds. The van der Waals surface area contributed by atoms with E-state index in [9.17, 15) is 4.79 Å². The molecule has 0 spiro atoms. The number of para-hydroxylation sites is 1. The summed E-state index contributed by atoms with van der Waals surface area (Å²) in [5.41, 5.74) is 6.88. The number of rotatable bonds is 4. The Balaban J connectivity index is 2.40. The molecule has 0 fully saturated rings. The summed E-state index contributed by atoms with van der Waals surface area (Å²) in [5, 5.41) is 1.00. The van der Waals surface area contributed by atoms with Crippen molar-refractivity contribution in [1.29, 1.82) is 0 Å². The van der Waals surface area contributed by atoms with Gasteiger partial charge in [0.1, 0.15) is 0 Å². The lowest BCUT2D eigenvalue weighted by Gasteiger charge is -2.03. The van der Waals surface area contributed by atoms with Crippen LogP contribution < -0.4 is 5.73 Å². The SMILES string of the molecule is NCCCC(=O)c1cccc2cccnc12. The number of fused-ring (bicyclic) bond motifs is 1. The van der Waals surface area contributed by atoms with Crippen molar-refractivity contribution in [2.45, 2.75) is 12.8 Å². The van der Waals surface area contributed by atoms with Gasteiger partial charge in [0.15, 0.2) is 5.78 Å². The van der Waals surface area contributed by atoms with Crippen LogP contribution in [0.1, 0.15) is 23.2 Å². The Hall–Kier alpha value is -1.74. The monoisotopic (exact) mass is 214 g/mol. The van der Waals surface area contributed by atoms with E-state index >= 15 is 0 Å². The van der Waals surface area contributed by atoms with E-state index in [0.717, 1.165) is 17.3 Å². The van der Waals surface area contributed by atoms with Crippen molar-refractivity contribution in [2.75, 3.05) is 6.54 Å². The maximum atomic E-state index is 11.9. The smallest absolute Gasteiger partial charge is 0.165 e. The van der Waals surface area contributed by atoms with Gasteiger partial charge in [-0.25, -0.2) is 0 Å². The zero-order chi connectivity index (χ0) is 11.4. The minimum Gasteiger partial charge on any atom is -0.330 e. The molecular formula is C13H14N2O. The molecule has 16 heavy (non-hydrogen) atoms. The Kier molecular flexibility index (Phi) is 3.27. The minimum atomic E-state index is 0.120. The van der Waals surface area contributed by atoms with Crippen LogP contribution in [0.25, 0.3) is 10.9 Å². The molecule has 82 valence electrons. The van der Waals surface area contributed by atoms with Crippen LogP contribution >= 0.6 is 0 Å². The summed E-state index contributed by atoms with van der Waals surface area (Å²) in [5.74, 6) is 0.120. The highest BCUT2D eigenvalue weighted by atomic mass is 16.1. The predicted molar refractivity (Wildman–Crippen MR) is 64.4 cm³/mol. The van der Waals surface area contributed by atoms with Gasteiger partial charge in [-0.05, 0) is 25.1 Å². The lowest BCUT2D eigenvalue weighted by Crippen LogP contribution is -2.05. The first-order valence-electron chi connectivity index (χ1n) is 5.40. The Bertz CT molecular complexity index is 503. The number of hydrogen-bond donors (Lipinski definition) is 1. The summed E-state index contributed by atoms with van der Waals surface area (Å²) in [6.45, 7) is 0.546. The van der Waals surface area contributed by atoms with E-state index in [1.807, 2.05) is 30.3 Å². The van der Waals surface area contributed by atoms with Gasteiger partial charge < -0.3 is 5.73 Å². The Labute approximate surface area is 94.3 Å². The van der Waals surface area contributed by atoms with Crippen molar-refractivity contribution in [2.24, 2.45) is 5.73 Å². The molecule has 0 aliphatic heterocycles. The quantitative estimate of drug-likeness (QED) is 0.793. The average molecular weight is 214 g/mol. The van der Waals surface area contributed by atoms with Gasteiger partial charge >= 0.3 is 0 Å². The molecule has 1 aromatic carbocycles. The number of hydrogen-bond acceptors (Lipinski definition) is 3. The predicted octanol–water partition coefficient (Wildman–Crippen LogP) is 2.16. The number of carbonyl (C=O) groups is 1. The average Bonchev–Trinajstić information content (AvgIpc) is 2.35. The zero-order valence-corrected chi connectivity index (χ0v) is 9.02. The largest absolute Gasteiger partial charge is 0.330 e. The molecule has 0 saturated carbocycles. The lowest BCUT2D eigenvalue weighted by molar-refractivity contribution is 0.0982. The van der Waals surface area contributed by atoms with E-state index in [2.05, 4.69) is 4.98 Å². The number of nitrogens with two attached hydrogens (primary N) is 1. The number of ketones is 1. The number of Topliss-reactive ketones (excluding diaryl/α,β-unsaturated/α-hetero) is 1. The van der Waals surface area contributed by atoms with Crippen molar-refractivity contribution in [3.63, 3.8) is 0 Å². The molecule has 0 aliphatic rings. The Morgan fingerprint density at radius 2 is 2.06 bits per heavy atom. The number of nitrogens with zero attached hydrogens (tertiary/aromatic N) is 1. The van der Waals surface area contributed by atoms with Gasteiger partial charge in [-0.3, -0.25) is 9.78 Å². The minimum absolute atomic E-state index is 0.120. The van der Waals surface area contributed by atoms with E-state index in [4.69, 9.17) is 5.73 Å². The van der Waals surface area contributed by atoms with Gasteiger partial charge in [0.25, 0.3) is 0 Å². The van der Waals surface area contributed by atoms with Crippen molar-refractivity contribution in [3.05, 3.63) is 42.1 Å². The maximum absolute atomic E-state index is 11.9. The maximum Gasteiger partial charge on any atom is 0.165 e. The van der Waals surface area contributed by atoms with Gasteiger partial charge in [0.2, 0.25) is 0 Å². The summed E-state index contributed by atoms with van der Waals surface area (Å²) in [6.07, 6.45) is 2.93. The molecule has 0 aliphatic carbocycles. The van der Waals surface area contributed by atoms with Gasteiger partial charge in [-0.2, -0.15) is 0 Å². The third-order valence-electron chi connectivity index (χ3n) is 2.54. The topological polar surface area (TPSA) is 56.0 Å². The molecule has 2 N–H and O–H groups in total. The van der Waals surface area contributed by atoms with E-state index in [0.29, 0.717) is 18.5 Å². The molecule has 2 rings (SSSR count). The third-order valence-corrected chi connectivity index (χ3v) is 2.54. The molecule has 0 saturated heterocycles. The molecule has 0 unspecified atom stereocenters. The van der Waals surface area contributed by atoms with Gasteiger partial charge in [-0.1, -0.05) is 18.2 Å². The second-order valence-corrected chi connectivity index (χ2v) is 3.70. The fourth-order valence-corrected chi connectivity index (χ4v) is 1.73. The summed E-state index contributed by atoms with van der Waals surface area (Å²) < 4.78 is 0. The molecular weight excluding hydrogens is 200 g/mol. The van der Waals surface area contributed by atoms with Crippen molar-refractivity contribution >= 4 is 16.7 Å². The van der Waals surface area contributed by atoms with Gasteiger partial charge in [-0.15, -0.1) is 0 Å². The number of pyridine rings is 1. The highest BCUT2D eigenvalue weighted by molar-refractivity contribution is 6.06. The first-order chi connectivity index (χ1) is 7.83. The fourth-order valence-electron chi connectivity index (χ4n) is 1.73. The lowest BCUT2D eigenvalue weighted by atomic mass is 10.0. The molecule has 2 aromatic rings. The first kappa shape index (κ1) is 10.8. The fraction of sp³-hybridized carbons (Fsp3) is 0.231. The number of benzene rings is 1. The van der Waals surface area contributed by atoms with Crippen LogP contribution in [0.4, 0.5) is 0 Å². The molecule has 3 nitrogen and oxygen atoms in total. The highest BCUT2D eigenvalue weighted by Gasteiger charge is 2.09. The van der Waals surface area contributed by atoms with Crippen LogP contribution in [0.5, 0.6) is 0 Å². The zero-order valence-electron chi connectivity index (χ0n) is 9.02. The Morgan fingerprint density at radius 3 is 2.88 bits per heavy atom. The van der Waals surface area contributed by atoms with Crippen LogP contribution in [-0.2, 0) is 0 Å². The van der Waals surface area contributed by atoms with E-state index < -0.39 is 0 Å². The molecule has 0 bridgehead atoms. The molecule has 0 radical (unpaired) electrons. The van der Waals surface area contributed by atoms with Gasteiger partial charge in [0, 0.05) is 23.6 Å². The number of aromatic nitrogens is 1. The second kappa shape index (κ2) is 4.86. The third kappa shape index (κ3) is 2.09. The molecule has 3 heteroatoms. The van der Waals surface area contributed by atoms with Crippen molar-refractivity contribution in [3.8, 4) is 0 Å². The van der Waals surface area contributed by atoms with Crippen LogP contribution in [0.2, 0.25) is 0 Å². The van der Waals surface area contributed by atoms with Crippen LogP contribution in [0.3, 0.4) is 0 Å².